The molecule has 1 aromatic heterocycles. The molecule has 3 aromatic rings. The van der Waals surface area contributed by atoms with E-state index in [1.54, 1.807) is 48.7 Å². The summed E-state index contributed by atoms with van der Waals surface area (Å²) in [7, 11) is -1.59. The predicted molar refractivity (Wildman–Crippen MR) is 123 cm³/mol. The van der Waals surface area contributed by atoms with Crippen molar-refractivity contribution in [1.29, 1.82) is 0 Å². The molecule has 1 fully saturated rings. The molecule has 1 aliphatic rings. The largest absolute Gasteiger partial charge is 0.497 e. The first-order chi connectivity index (χ1) is 15.3. The summed E-state index contributed by atoms with van der Waals surface area (Å²) in [4.78, 5) is 15.3. The van der Waals surface area contributed by atoms with E-state index in [1.807, 2.05) is 12.3 Å². The molecule has 0 atom stereocenters. The zero-order valence-corrected chi connectivity index (χ0v) is 18.9. The molecular formula is C23H27N3O5S. The number of H-pyrrole nitrogens is 1. The molecule has 0 radical (unpaired) electrons. The Bertz CT molecular complexity index is 1230. The van der Waals surface area contributed by atoms with Gasteiger partial charge in [-0.15, -0.1) is 0 Å². The number of nitrogens with zero attached hydrogens (tertiary/aromatic N) is 1. The Morgan fingerprint density at radius 3 is 2.38 bits per heavy atom. The van der Waals surface area contributed by atoms with Crippen LogP contribution in [0.5, 0.6) is 17.2 Å². The number of hydrogen-bond acceptors (Lipinski definition) is 5. The van der Waals surface area contributed by atoms with E-state index in [1.165, 1.54) is 0 Å². The minimum absolute atomic E-state index is 0.110. The fourth-order valence-corrected chi connectivity index (χ4v) is 5.36. The lowest BCUT2D eigenvalue weighted by molar-refractivity contribution is 0.100. The Morgan fingerprint density at radius 1 is 1.12 bits per heavy atom. The van der Waals surface area contributed by atoms with Crippen molar-refractivity contribution in [2.24, 2.45) is 5.73 Å². The predicted octanol–water partition coefficient (Wildman–Crippen LogP) is 3.60. The molecule has 1 aliphatic heterocycles. The summed E-state index contributed by atoms with van der Waals surface area (Å²) in [6.45, 7) is 2.63. The molecule has 0 unspecified atom stereocenters. The number of sulfonamides is 1. The highest BCUT2D eigenvalue weighted by Crippen LogP contribution is 2.37. The fourth-order valence-electron chi connectivity index (χ4n) is 4.22. The van der Waals surface area contributed by atoms with Gasteiger partial charge in [0.1, 0.15) is 17.2 Å². The second-order valence-electron chi connectivity index (χ2n) is 7.85. The highest BCUT2D eigenvalue weighted by Gasteiger charge is 2.29. The maximum atomic E-state index is 12.2. The second kappa shape index (κ2) is 8.84. The highest BCUT2D eigenvalue weighted by atomic mass is 32.2. The third-order valence-electron chi connectivity index (χ3n) is 6.01. The second-order valence-corrected chi connectivity index (χ2v) is 10.1. The van der Waals surface area contributed by atoms with Crippen molar-refractivity contribution in [2.75, 3.05) is 26.0 Å². The van der Waals surface area contributed by atoms with E-state index in [4.69, 9.17) is 15.2 Å². The van der Waals surface area contributed by atoms with Gasteiger partial charge in [0.05, 0.1) is 23.9 Å². The number of aromatic nitrogens is 1. The summed E-state index contributed by atoms with van der Waals surface area (Å²) in [5, 5.41) is 0.863. The van der Waals surface area contributed by atoms with E-state index >= 15 is 0 Å². The van der Waals surface area contributed by atoms with Crippen molar-refractivity contribution in [3.05, 3.63) is 53.7 Å². The Hall–Kier alpha value is -3.04. The van der Waals surface area contributed by atoms with E-state index in [0.717, 1.165) is 16.7 Å². The first-order valence-electron chi connectivity index (χ1n) is 10.6. The number of methoxy groups -OCH3 is 1. The highest BCUT2D eigenvalue weighted by molar-refractivity contribution is 7.89. The fraction of sp³-hybridized carbons (Fsp3) is 0.348. The lowest BCUT2D eigenvalue weighted by atomic mass is 9.89. The molecule has 9 heteroatoms. The maximum Gasteiger partial charge on any atom is 0.250 e. The maximum absolute atomic E-state index is 12.2. The van der Waals surface area contributed by atoms with E-state index in [0.29, 0.717) is 48.5 Å². The number of amides is 1. The Kier molecular flexibility index (Phi) is 6.12. The molecule has 3 N–H and O–H groups in total. The minimum Gasteiger partial charge on any atom is -0.497 e. The molecule has 2 aromatic carbocycles. The van der Waals surface area contributed by atoms with Crippen LogP contribution in [0, 0.1) is 0 Å². The zero-order chi connectivity index (χ0) is 22.9. The van der Waals surface area contributed by atoms with Gasteiger partial charge in [0.2, 0.25) is 10.0 Å². The number of aromatic amines is 1. The number of rotatable bonds is 7. The number of carbonyl (C=O) groups excluding carboxylic acids is 1. The molecule has 0 saturated carbocycles. The van der Waals surface area contributed by atoms with Crippen LogP contribution in [-0.4, -0.2) is 49.6 Å². The molecule has 1 saturated heterocycles. The summed E-state index contributed by atoms with van der Waals surface area (Å²) in [6, 6.07) is 10.7. The minimum atomic E-state index is -3.18. The Morgan fingerprint density at radius 2 is 1.78 bits per heavy atom. The topological polar surface area (TPSA) is 115 Å². The first-order valence-corrected chi connectivity index (χ1v) is 12.2. The average molecular weight is 458 g/mol. The van der Waals surface area contributed by atoms with Crippen LogP contribution < -0.4 is 15.2 Å². The number of carbonyl (C=O) groups is 1. The lowest BCUT2D eigenvalue weighted by Gasteiger charge is -2.30. The van der Waals surface area contributed by atoms with Crippen LogP contribution >= 0.6 is 0 Å². The molecule has 2 heterocycles. The van der Waals surface area contributed by atoms with Gasteiger partial charge < -0.3 is 20.2 Å². The number of piperidine rings is 1. The molecule has 1 amide bonds. The molecule has 4 rings (SSSR count). The van der Waals surface area contributed by atoms with Crippen LogP contribution in [0.2, 0.25) is 0 Å². The number of ether oxygens (including phenoxy) is 2. The molecule has 0 aliphatic carbocycles. The lowest BCUT2D eigenvalue weighted by Crippen LogP contribution is -2.38. The first kappa shape index (κ1) is 22.2. The van der Waals surface area contributed by atoms with E-state index in [2.05, 4.69) is 4.98 Å². The Labute approximate surface area is 187 Å². The number of nitrogens with one attached hydrogen (secondary N) is 1. The summed E-state index contributed by atoms with van der Waals surface area (Å²) in [5.41, 5.74) is 7.70. The molecule has 170 valence electrons. The normalized spacial score (nSPS) is 15.7. The van der Waals surface area contributed by atoms with Crippen LogP contribution in [0.25, 0.3) is 10.9 Å². The Balaban J connectivity index is 1.65. The van der Waals surface area contributed by atoms with E-state index < -0.39 is 15.9 Å². The van der Waals surface area contributed by atoms with Crippen molar-refractivity contribution < 1.29 is 22.7 Å². The summed E-state index contributed by atoms with van der Waals surface area (Å²) >= 11 is 0. The van der Waals surface area contributed by atoms with Gasteiger partial charge in [0.15, 0.2) is 0 Å². The smallest absolute Gasteiger partial charge is 0.250 e. The van der Waals surface area contributed by atoms with E-state index in [-0.39, 0.29) is 11.7 Å². The van der Waals surface area contributed by atoms with Crippen molar-refractivity contribution in [2.45, 2.75) is 25.7 Å². The van der Waals surface area contributed by atoms with Crippen molar-refractivity contribution in [3.8, 4) is 17.2 Å². The number of nitrogens with two attached hydrogens (primary N) is 1. The molecular weight excluding hydrogens is 430 g/mol. The van der Waals surface area contributed by atoms with Gasteiger partial charge in [-0.25, -0.2) is 12.7 Å². The zero-order valence-electron chi connectivity index (χ0n) is 18.1. The standard InChI is InChI=1S/C23H27N3O5S/c1-3-32(28,29)26-10-8-15(9-11-26)21-14-25-22-19(21)12-18(13-20(22)23(24)27)31-17-6-4-16(30-2)5-7-17/h4-7,12-15,25H,3,8-11H2,1-2H3,(H2,24,27). The van der Waals surface area contributed by atoms with Gasteiger partial charge in [-0.2, -0.15) is 0 Å². The molecule has 32 heavy (non-hydrogen) atoms. The number of primary amides is 1. The molecule has 0 bridgehead atoms. The van der Waals surface area contributed by atoms with Crippen LogP contribution in [0.4, 0.5) is 0 Å². The number of hydrogen-bond donors (Lipinski definition) is 2. The van der Waals surface area contributed by atoms with Crippen LogP contribution in [-0.2, 0) is 10.0 Å². The van der Waals surface area contributed by atoms with Crippen molar-refractivity contribution >= 4 is 26.8 Å². The SMILES string of the molecule is CCS(=O)(=O)N1CCC(c2c[nH]c3c(C(N)=O)cc(Oc4ccc(OC)cc4)cc23)CC1. The number of benzene rings is 2. The monoisotopic (exact) mass is 457 g/mol. The van der Waals surface area contributed by atoms with Crippen molar-refractivity contribution in [1.82, 2.24) is 9.29 Å². The average Bonchev–Trinajstić information content (AvgIpc) is 3.23. The van der Waals surface area contributed by atoms with Gasteiger partial charge in [0.25, 0.3) is 5.91 Å². The van der Waals surface area contributed by atoms with Gasteiger partial charge in [-0.1, -0.05) is 0 Å². The van der Waals surface area contributed by atoms with Crippen LogP contribution in [0.15, 0.2) is 42.6 Å². The van der Waals surface area contributed by atoms with Crippen molar-refractivity contribution in [3.63, 3.8) is 0 Å². The quantitative estimate of drug-likeness (QED) is 0.563. The summed E-state index contributed by atoms with van der Waals surface area (Å²) < 4.78 is 37.1. The molecule has 0 spiro atoms. The summed E-state index contributed by atoms with van der Waals surface area (Å²) in [6.07, 6.45) is 3.31. The van der Waals surface area contributed by atoms with Crippen LogP contribution in [0.1, 0.15) is 41.6 Å². The van der Waals surface area contributed by atoms with Crippen LogP contribution in [0.3, 0.4) is 0 Å². The van der Waals surface area contributed by atoms with Gasteiger partial charge in [0, 0.05) is 24.7 Å². The number of fused-ring (bicyclic) bond motifs is 1. The summed E-state index contributed by atoms with van der Waals surface area (Å²) in [5.74, 6) is 1.56. The van der Waals surface area contributed by atoms with E-state index in [9.17, 15) is 13.2 Å². The third-order valence-corrected chi connectivity index (χ3v) is 7.89. The van der Waals surface area contributed by atoms with Gasteiger partial charge >= 0.3 is 0 Å². The van der Waals surface area contributed by atoms with Gasteiger partial charge in [-0.3, -0.25) is 4.79 Å². The molecule has 8 nitrogen and oxygen atoms in total. The third kappa shape index (κ3) is 4.31. The van der Waals surface area contributed by atoms with Gasteiger partial charge in [-0.05, 0) is 67.6 Å².